The van der Waals surface area contributed by atoms with Crippen molar-refractivity contribution < 1.29 is 9.53 Å². The Labute approximate surface area is 102 Å². The summed E-state index contributed by atoms with van der Waals surface area (Å²) in [5.74, 6) is 0.0623. The number of nitrogens with zero attached hydrogens (tertiary/aromatic N) is 2. The molecule has 1 rings (SSSR count). The van der Waals surface area contributed by atoms with Crippen LogP contribution in [0, 0.1) is 0 Å². The van der Waals surface area contributed by atoms with Crippen LogP contribution in [0.4, 0.5) is 5.82 Å². The van der Waals surface area contributed by atoms with Gasteiger partial charge in [-0.2, -0.15) is 5.10 Å². The van der Waals surface area contributed by atoms with Crippen LogP contribution in [0.3, 0.4) is 0 Å². The van der Waals surface area contributed by atoms with Crippen molar-refractivity contribution in [3.8, 4) is 0 Å². The van der Waals surface area contributed by atoms with E-state index in [0.29, 0.717) is 11.4 Å². The summed E-state index contributed by atoms with van der Waals surface area (Å²) in [6.07, 6.45) is 1.48. The van der Waals surface area contributed by atoms with Gasteiger partial charge in [-0.15, -0.1) is 5.10 Å². The summed E-state index contributed by atoms with van der Waals surface area (Å²) in [7, 11) is 0. The standard InChI is InChI=1S/C12H19N3O2/c1-8(2)14-10-9(6-7-13-15-10)11(16)17-12(3,4)5/h6-8H,1-5H3,(H,14,15). The van der Waals surface area contributed by atoms with Gasteiger partial charge in [-0.1, -0.05) is 0 Å². The molecule has 0 unspecified atom stereocenters. The first kappa shape index (κ1) is 13.4. The van der Waals surface area contributed by atoms with Gasteiger partial charge in [0.05, 0.1) is 6.20 Å². The number of ether oxygens (including phenoxy) is 1. The van der Waals surface area contributed by atoms with Gasteiger partial charge in [-0.05, 0) is 40.7 Å². The van der Waals surface area contributed by atoms with Crippen molar-refractivity contribution in [1.29, 1.82) is 0 Å². The molecule has 0 radical (unpaired) electrons. The monoisotopic (exact) mass is 237 g/mol. The van der Waals surface area contributed by atoms with E-state index in [-0.39, 0.29) is 6.04 Å². The van der Waals surface area contributed by atoms with Gasteiger partial charge >= 0.3 is 5.97 Å². The van der Waals surface area contributed by atoms with Gasteiger partial charge in [0.25, 0.3) is 0 Å². The molecule has 0 aliphatic rings. The molecule has 0 atom stereocenters. The van der Waals surface area contributed by atoms with Gasteiger partial charge in [0, 0.05) is 6.04 Å². The molecule has 5 heteroatoms. The number of hydrogen-bond acceptors (Lipinski definition) is 5. The maximum absolute atomic E-state index is 11.9. The summed E-state index contributed by atoms with van der Waals surface area (Å²) >= 11 is 0. The summed E-state index contributed by atoms with van der Waals surface area (Å²) in [5, 5.41) is 10.7. The van der Waals surface area contributed by atoms with E-state index in [1.807, 2.05) is 34.6 Å². The highest BCUT2D eigenvalue weighted by atomic mass is 16.6. The molecule has 94 valence electrons. The molecule has 0 amide bonds. The molecule has 1 aromatic heterocycles. The Morgan fingerprint density at radius 3 is 2.59 bits per heavy atom. The number of nitrogens with one attached hydrogen (secondary N) is 1. The Kier molecular flexibility index (Phi) is 4.04. The van der Waals surface area contributed by atoms with Crippen LogP contribution >= 0.6 is 0 Å². The molecule has 5 nitrogen and oxygen atoms in total. The van der Waals surface area contributed by atoms with Gasteiger partial charge in [0.1, 0.15) is 11.2 Å². The highest BCUT2D eigenvalue weighted by Gasteiger charge is 2.21. The average Bonchev–Trinajstić information content (AvgIpc) is 2.14. The van der Waals surface area contributed by atoms with E-state index < -0.39 is 11.6 Å². The first-order valence-electron chi connectivity index (χ1n) is 5.61. The lowest BCUT2D eigenvalue weighted by Crippen LogP contribution is -2.25. The highest BCUT2D eigenvalue weighted by molar-refractivity contribution is 5.94. The van der Waals surface area contributed by atoms with E-state index >= 15 is 0 Å². The minimum atomic E-state index is -0.518. The lowest BCUT2D eigenvalue weighted by Gasteiger charge is -2.20. The number of carbonyl (C=O) groups is 1. The fraction of sp³-hybridized carbons (Fsp3) is 0.583. The minimum Gasteiger partial charge on any atom is -0.456 e. The van der Waals surface area contributed by atoms with Crippen LogP contribution in [0.2, 0.25) is 0 Å². The normalized spacial score (nSPS) is 11.4. The molecule has 1 aromatic rings. The first-order chi connectivity index (χ1) is 7.79. The molecule has 0 aliphatic heterocycles. The molecule has 0 fully saturated rings. The topological polar surface area (TPSA) is 64.1 Å². The van der Waals surface area contributed by atoms with Crippen LogP contribution in [-0.2, 0) is 4.74 Å². The van der Waals surface area contributed by atoms with Crippen molar-refractivity contribution in [2.75, 3.05) is 5.32 Å². The van der Waals surface area contributed by atoms with E-state index in [4.69, 9.17) is 4.74 Å². The SMILES string of the molecule is CC(C)Nc1nnccc1C(=O)OC(C)(C)C. The highest BCUT2D eigenvalue weighted by Crippen LogP contribution is 2.17. The number of anilines is 1. The van der Waals surface area contributed by atoms with E-state index in [1.165, 1.54) is 6.20 Å². The van der Waals surface area contributed by atoms with Crippen molar-refractivity contribution >= 4 is 11.8 Å². The van der Waals surface area contributed by atoms with Crippen molar-refractivity contribution in [3.63, 3.8) is 0 Å². The Balaban J connectivity index is 2.93. The molecule has 17 heavy (non-hydrogen) atoms. The molecule has 0 spiro atoms. The van der Waals surface area contributed by atoms with Crippen LogP contribution in [-0.4, -0.2) is 27.8 Å². The largest absolute Gasteiger partial charge is 0.456 e. The summed E-state index contributed by atoms with van der Waals surface area (Å²) in [6.45, 7) is 9.42. The predicted molar refractivity (Wildman–Crippen MR) is 66.0 cm³/mol. The predicted octanol–water partition coefficient (Wildman–Crippen LogP) is 2.25. The van der Waals surface area contributed by atoms with Gasteiger partial charge in [-0.3, -0.25) is 0 Å². The summed E-state index contributed by atoms with van der Waals surface area (Å²) in [4.78, 5) is 11.9. The van der Waals surface area contributed by atoms with Crippen LogP contribution < -0.4 is 5.32 Å². The Hall–Kier alpha value is -1.65. The van der Waals surface area contributed by atoms with Crippen molar-refractivity contribution in [1.82, 2.24) is 10.2 Å². The van der Waals surface area contributed by atoms with Crippen LogP contribution in [0.5, 0.6) is 0 Å². The second kappa shape index (κ2) is 5.12. The number of carbonyl (C=O) groups excluding carboxylic acids is 1. The van der Waals surface area contributed by atoms with E-state index in [0.717, 1.165) is 0 Å². The number of rotatable bonds is 3. The van der Waals surface area contributed by atoms with Crippen LogP contribution in [0.1, 0.15) is 45.0 Å². The number of aromatic nitrogens is 2. The Bertz CT molecular complexity index is 397. The quantitative estimate of drug-likeness (QED) is 0.817. The minimum absolute atomic E-state index is 0.174. The second-order valence-corrected chi connectivity index (χ2v) is 5.09. The van der Waals surface area contributed by atoms with Crippen molar-refractivity contribution in [3.05, 3.63) is 17.8 Å². The fourth-order valence-electron chi connectivity index (χ4n) is 1.21. The zero-order valence-electron chi connectivity index (χ0n) is 10.9. The van der Waals surface area contributed by atoms with Gasteiger partial charge in [0.2, 0.25) is 0 Å². The first-order valence-corrected chi connectivity index (χ1v) is 5.61. The molecule has 0 aliphatic carbocycles. The molecular weight excluding hydrogens is 218 g/mol. The third kappa shape index (κ3) is 4.38. The molecule has 0 aromatic carbocycles. The number of hydrogen-bond donors (Lipinski definition) is 1. The third-order valence-corrected chi connectivity index (χ3v) is 1.76. The van der Waals surface area contributed by atoms with E-state index in [1.54, 1.807) is 6.07 Å². The average molecular weight is 237 g/mol. The molecule has 1 heterocycles. The van der Waals surface area contributed by atoms with Crippen LogP contribution in [0.25, 0.3) is 0 Å². The van der Waals surface area contributed by atoms with Gasteiger partial charge in [0.15, 0.2) is 5.82 Å². The van der Waals surface area contributed by atoms with E-state index in [9.17, 15) is 4.79 Å². The van der Waals surface area contributed by atoms with Crippen LogP contribution in [0.15, 0.2) is 12.3 Å². The number of esters is 1. The molecule has 1 N–H and O–H groups in total. The van der Waals surface area contributed by atoms with E-state index in [2.05, 4.69) is 15.5 Å². The summed E-state index contributed by atoms with van der Waals surface area (Å²) < 4.78 is 5.30. The maximum atomic E-state index is 11.9. The Morgan fingerprint density at radius 2 is 2.06 bits per heavy atom. The summed E-state index contributed by atoms with van der Waals surface area (Å²) in [6, 6.07) is 1.78. The molecular formula is C12H19N3O2. The molecule has 0 saturated heterocycles. The smallest absolute Gasteiger partial charge is 0.342 e. The second-order valence-electron chi connectivity index (χ2n) is 5.09. The maximum Gasteiger partial charge on any atom is 0.342 e. The molecule has 0 bridgehead atoms. The zero-order chi connectivity index (χ0) is 13.1. The fourth-order valence-corrected chi connectivity index (χ4v) is 1.21. The molecule has 0 saturated carbocycles. The van der Waals surface area contributed by atoms with Crippen molar-refractivity contribution in [2.45, 2.75) is 46.3 Å². The van der Waals surface area contributed by atoms with Crippen molar-refractivity contribution in [2.24, 2.45) is 0 Å². The Morgan fingerprint density at radius 1 is 1.41 bits per heavy atom. The van der Waals surface area contributed by atoms with Gasteiger partial charge < -0.3 is 10.1 Å². The van der Waals surface area contributed by atoms with Gasteiger partial charge in [-0.25, -0.2) is 4.79 Å². The lowest BCUT2D eigenvalue weighted by atomic mass is 10.2. The summed E-state index contributed by atoms with van der Waals surface area (Å²) in [5.41, 5.74) is -0.112. The zero-order valence-corrected chi connectivity index (χ0v) is 10.9. The lowest BCUT2D eigenvalue weighted by molar-refractivity contribution is 0.00701. The third-order valence-electron chi connectivity index (χ3n) is 1.76.